The topological polar surface area (TPSA) is 32.3 Å². The molecular weight excluding hydrogens is 188 g/mol. The van der Waals surface area contributed by atoms with E-state index in [4.69, 9.17) is 11.6 Å². The van der Waals surface area contributed by atoms with E-state index in [1.54, 1.807) is 0 Å². The third kappa shape index (κ3) is 1.67. The number of halogens is 1. The summed E-state index contributed by atoms with van der Waals surface area (Å²) in [6.07, 6.45) is 3.40. The van der Waals surface area contributed by atoms with Crippen LogP contribution in [-0.4, -0.2) is 41.9 Å². The number of likely N-dealkylation sites (tertiary alicyclic amines) is 1. The summed E-state index contributed by atoms with van der Waals surface area (Å²) in [5, 5.41) is 3.43. The number of rotatable bonds is 1. The third-order valence-corrected chi connectivity index (χ3v) is 3.29. The van der Waals surface area contributed by atoms with Gasteiger partial charge in [0.2, 0.25) is 5.91 Å². The molecule has 0 aromatic heterocycles. The molecule has 2 saturated heterocycles. The number of alkyl halides is 1. The van der Waals surface area contributed by atoms with E-state index >= 15 is 0 Å². The average molecular weight is 203 g/mol. The van der Waals surface area contributed by atoms with Crippen molar-refractivity contribution in [2.45, 2.75) is 31.3 Å². The van der Waals surface area contributed by atoms with Gasteiger partial charge in [0.15, 0.2) is 0 Å². The lowest BCUT2D eigenvalue weighted by atomic mass is 9.97. The molecule has 0 spiro atoms. The van der Waals surface area contributed by atoms with Gasteiger partial charge in [-0.3, -0.25) is 4.79 Å². The quantitative estimate of drug-likeness (QED) is 0.631. The SMILES string of the molecule is O=C(CCl)N1CCCC2NCCC21. The second-order valence-electron chi connectivity index (χ2n) is 3.78. The molecule has 2 rings (SSSR count). The van der Waals surface area contributed by atoms with E-state index in [0.29, 0.717) is 12.1 Å². The lowest BCUT2D eigenvalue weighted by Crippen LogP contribution is -2.51. The molecule has 0 radical (unpaired) electrons. The van der Waals surface area contributed by atoms with Crippen molar-refractivity contribution < 1.29 is 4.79 Å². The van der Waals surface area contributed by atoms with Crippen molar-refractivity contribution in [1.82, 2.24) is 10.2 Å². The summed E-state index contributed by atoms with van der Waals surface area (Å²) in [5.74, 6) is 0.225. The first kappa shape index (κ1) is 9.28. The maximum atomic E-state index is 11.5. The Hall–Kier alpha value is -0.280. The Kier molecular flexibility index (Phi) is 2.74. The number of nitrogens with zero attached hydrogens (tertiary/aromatic N) is 1. The summed E-state index contributed by atoms with van der Waals surface area (Å²) in [4.78, 5) is 13.4. The van der Waals surface area contributed by atoms with E-state index in [9.17, 15) is 4.79 Å². The van der Waals surface area contributed by atoms with Crippen molar-refractivity contribution in [3.63, 3.8) is 0 Å². The fourth-order valence-electron chi connectivity index (χ4n) is 2.46. The lowest BCUT2D eigenvalue weighted by molar-refractivity contribution is -0.132. The molecule has 2 aliphatic heterocycles. The number of hydrogen-bond acceptors (Lipinski definition) is 2. The van der Waals surface area contributed by atoms with Gasteiger partial charge in [0.1, 0.15) is 5.88 Å². The van der Waals surface area contributed by atoms with Crippen LogP contribution in [0.3, 0.4) is 0 Å². The molecule has 74 valence electrons. The monoisotopic (exact) mass is 202 g/mol. The maximum absolute atomic E-state index is 11.5. The van der Waals surface area contributed by atoms with Gasteiger partial charge in [-0.15, -0.1) is 11.6 Å². The molecule has 13 heavy (non-hydrogen) atoms. The van der Waals surface area contributed by atoms with Crippen molar-refractivity contribution in [3.05, 3.63) is 0 Å². The number of carbonyl (C=O) groups is 1. The van der Waals surface area contributed by atoms with Gasteiger partial charge < -0.3 is 10.2 Å². The van der Waals surface area contributed by atoms with Crippen LogP contribution >= 0.6 is 11.6 Å². The maximum Gasteiger partial charge on any atom is 0.237 e. The number of carbonyl (C=O) groups excluding carboxylic acids is 1. The summed E-state index contributed by atoms with van der Waals surface area (Å²) >= 11 is 5.56. The molecule has 1 N–H and O–H groups in total. The smallest absolute Gasteiger partial charge is 0.237 e. The van der Waals surface area contributed by atoms with Gasteiger partial charge in [0, 0.05) is 18.6 Å². The minimum absolute atomic E-state index is 0.0973. The van der Waals surface area contributed by atoms with Crippen LogP contribution in [0, 0.1) is 0 Å². The summed E-state index contributed by atoms with van der Waals surface area (Å²) in [5.41, 5.74) is 0. The highest BCUT2D eigenvalue weighted by molar-refractivity contribution is 6.27. The molecule has 2 fully saturated rings. The predicted octanol–water partition coefficient (Wildman–Crippen LogP) is 0.578. The first-order valence-electron chi connectivity index (χ1n) is 4.92. The minimum Gasteiger partial charge on any atom is -0.337 e. The van der Waals surface area contributed by atoms with Crippen LogP contribution in [-0.2, 0) is 4.79 Å². The van der Waals surface area contributed by atoms with Crippen molar-refractivity contribution in [2.75, 3.05) is 19.0 Å². The van der Waals surface area contributed by atoms with Gasteiger partial charge in [-0.1, -0.05) is 0 Å². The fourth-order valence-corrected chi connectivity index (χ4v) is 2.61. The van der Waals surface area contributed by atoms with E-state index < -0.39 is 0 Å². The van der Waals surface area contributed by atoms with Crippen LogP contribution in [0.15, 0.2) is 0 Å². The predicted molar refractivity (Wildman–Crippen MR) is 51.9 cm³/mol. The van der Waals surface area contributed by atoms with Gasteiger partial charge in [-0.25, -0.2) is 0 Å². The van der Waals surface area contributed by atoms with Crippen molar-refractivity contribution in [2.24, 2.45) is 0 Å². The van der Waals surface area contributed by atoms with E-state index in [1.807, 2.05) is 4.90 Å². The first-order chi connectivity index (χ1) is 6.33. The van der Waals surface area contributed by atoms with Crippen LogP contribution in [0.25, 0.3) is 0 Å². The van der Waals surface area contributed by atoms with Crippen LogP contribution < -0.4 is 5.32 Å². The molecule has 2 aliphatic rings. The zero-order valence-electron chi connectivity index (χ0n) is 7.63. The van der Waals surface area contributed by atoms with E-state index in [2.05, 4.69) is 5.32 Å². The van der Waals surface area contributed by atoms with Gasteiger partial charge in [0.25, 0.3) is 0 Å². The highest BCUT2D eigenvalue weighted by atomic mass is 35.5. The zero-order valence-corrected chi connectivity index (χ0v) is 8.39. The van der Waals surface area contributed by atoms with E-state index in [0.717, 1.165) is 25.9 Å². The largest absolute Gasteiger partial charge is 0.337 e. The van der Waals surface area contributed by atoms with Crippen LogP contribution in [0.5, 0.6) is 0 Å². The van der Waals surface area contributed by atoms with Gasteiger partial charge in [0.05, 0.1) is 0 Å². The Morgan fingerprint density at radius 3 is 3.15 bits per heavy atom. The molecule has 2 heterocycles. The third-order valence-electron chi connectivity index (χ3n) is 3.06. The Morgan fingerprint density at radius 1 is 1.54 bits per heavy atom. The fraction of sp³-hybridized carbons (Fsp3) is 0.889. The number of hydrogen-bond donors (Lipinski definition) is 1. The Bertz CT molecular complexity index is 210. The summed E-state index contributed by atoms with van der Waals surface area (Å²) in [6.45, 7) is 1.94. The molecule has 0 bridgehead atoms. The Labute approximate surface area is 83.4 Å². The van der Waals surface area contributed by atoms with Gasteiger partial charge in [-0.2, -0.15) is 0 Å². The molecule has 1 amide bonds. The molecule has 3 nitrogen and oxygen atoms in total. The molecule has 0 saturated carbocycles. The minimum atomic E-state index is 0.0973. The summed E-state index contributed by atoms with van der Waals surface area (Å²) in [7, 11) is 0. The van der Waals surface area contributed by atoms with E-state index in [-0.39, 0.29) is 11.8 Å². The average Bonchev–Trinajstić information content (AvgIpc) is 2.63. The number of piperidine rings is 1. The molecule has 0 aliphatic carbocycles. The van der Waals surface area contributed by atoms with Crippen LogP contribution in [0.4, 0.5) is 0 Å². The van der Waals surface area contributed by atoms with Crippen molar-refractivity contribution in [3.8, 4) is 0 Å². The standard InChI is InChI=1S/C9H15ClN2O/c10-6-9(13)12-5-1-2-7-8(12)3-4-11-7/h7-8,11H,1-6H2. The second kappa shape index (κ2) is 3.84. The molecule has 4 heteroatoms. The molecule has 0 aromatic carbocycles. The zero-order chi connectivity index (χ0) is 9.26. The van der Waals surface area contributed by atoms with E-state index in [1.165, 1.54) is 6.42 Å². The number of nitrogens with one attached hydrogen (secondary N) is 1. The first-order valence-corrected chi connectivity index (χ1v) is 5.45. The van der Waals surface area contributed by atoms with Crippen LogP contribution in [0.2, 0.25) is 0 Å². The highest BCUT2D eigenvalue weighted by Gasteiger charge is 2.36. The summed E-state index contributed by atoms with van der Waals surface area (Å²) in [6, 6.07) is 0.945. The molecule has 0 aromatic rings. The molecule has 2 atom stereocenters. The van der Waals surface area contributed by atoms with Crippen LogP contribution in [0.1, 0.15) is 19.3 Å². The second-order valence-corrected chi connectivity index (χ2v) is 4.05. The Morgan fingerprint density at radius 2 is 2.38 bits per heavy atom. The number of amides is 1. The van der Waals surface area contributed by atoms with Gasteiger partial charge >= 0.3 is 0 Å². The highest BCUT2D eigenvalue weighted by Crippen LogP contribution is 2.24. The van der Waals surface area contributed by atoms with Crippen molar-refractivity contribution in [1.29, 1.82) is 0 Å². The number of fused-ring (bicyclic) bond motifs is 1. The molecular formula is C9H15ClN2O. The Balaban J connectivity index is 2.05. The lowest BCUT2D eigenvalue weighted by Gasteiger charge is -2.37. The normalized spacial score (nSPS) is 33.2. The molecule has 2 unspecified atom stereocenters. The summed E-state index contributed by atoms with van der Waals surface area (Å²) < 4.78 is 0. The van der Waals surface area contributed by atoms with Gasteiger partial charge in [-0.05, 0) is 25.8 Å². The van der Waals surface area contributed by atoms with Crippen molar-refractivity contribution >= 4 is 17.5 Å².